The zero-order valence-corrected chi connectivity index (χ0v) is 16.6. The van der Waals surface area contributed by atoms with Crippen molar-refractivity contribution in [2.45, 2.75) is 52.7 Å². The van der Waals surface area contributed by atoms with Crippen molar-refractivity contribution in [1.29, 1.82) is 0 Å². The number of nitrogens with zero attached hydrogens (tertiary/aromatic N) is 3. The van der Waals surface area contributed by atoms with Crippen molar-refractivity contribution in [3.05, 3.63) is 26.4 Å². The van der Waals surface area contributed by atoms with E-state index in [2.05, 4.69) is 4.98 Å². The van der Waals surface area contributed by atoms with E-state index in [9.17, 15) is 19.7 Å². The summed E-state index contributed by atoms with van der Waals surface area (Å²) >= 11 is 11.6. The lowest BCUT2D eigenvalue weighted by molar-refractivity contribution is -0.384. The number of imide groups is 1. The van der Waals surface area contributed by atoms with E-state index in [4.69, 9.17) is 32.7 Å². The molecule has 144 valence electrons. The number of anilines is 1. The molecule has 9 nitrogen and oxygen atoms in total. The van der Waals surface area contributed by atoms with Crippen LogP contribution in [0.2, 0.25) is 10.2 Å². The minimum absolute atomic E-state index is 0.257. The average molecular weight is 408 g/mol. The Morgan fingerprint density at radius 2 is 1.50 bits per heavy atom. The van der Waals surface area contributed by atoms with Crippen molar-refractivity contribution in [1.82, 2.24) is 4.98 Å². The van der Waals surface area contributed by atoms with Gasteiger partial charge in [-0.05, 0) is 41.5 Å². The summed E-state index contributed by atoms with van der Waals surface area (Å²) in [6.07, 6.45) is -2.44. The Kier molecular flexibility index (Phi) is 6.43. The molecule has 0 bridgehead atoms. The summed E-state index contributed by atoms with van der Waals surface area (Å²) in [7, 11) is 0. The van der Waals surface area contributed by atoms with Crippen molar-refractivity contribution in [2.24, 2.45) is 0 Å². The molecule has 0 aliphatic rings. The first kappa shape index (κ1) is 21.9. The fraction of sp³-hybridized carbons (Fsp3) is 0.533. The largest absolute Gasteiger partial charge is 0.443 e. The Labute approximate surface area is 160 Å². The predicted molar refractivity (Wildman–Crippen MR) is 95.9 cm³/mol. The van der Waals surface area contributed by atoms with Gasteiger partial charge in [0.2, 0.25) is 5.82 Å². The molecule has 1 aromatic rings. The summed E-state index contributed by atoms with van der Waals surface area (Å²) in [5, 5.41) is 10.7. The van der Waals surface area contributed by atoms with Gasteiger partial charge < -0.3 is 9.47 Å². The highest BCUT2D eigenvalue weighted by atomic mass is 35.5. The maximum absolute atomic E-state index is 12.5. The number of hydrogen-bond donors (Lipinski definition) is 0. The van der Waals surface area contributed by atoms with Crippen LogP contribution in [0.5, 0.6) is 0 Å². The Morgan fingerprint density at radius 1 is 1.08 bits per heavy atom. The quantitative estimate of drug-likeness (QED) is 0.386. The zero-order valence-electron chi connectivity index (χ0n) is 15.1. The lowest BCUT2D eigenvalue weighted by Gasteiger charge is -2.27. The monoisotopic (exact) mass is 407 g/mol. The number of carbonyl (C=O) groups excluding carboxylic acids is 2. The maximum Gasteiger partial charge on any atom is 0.426 e. The van der Waals surface area contributed by atoms with Gasteiger partial charge in [-0.15, -0.1) is 0 Å². The predicted octanol–water partition coefficient (Wildman–Crippen LogP) is 4.97. The second kappa shape index (κ2) is 7.63. The fourth-order valence-corrected chi connectivity index (χ4v) is 2.16. The third-order valence-electron chi connectivity index (χ3n) is 2.44. The molecule has 1 rings (SSSR count). The van der Waals surface area contributed by atoms with Gasteiger partial charge in [-0.2, -0.15) is 4.90 Å². The van der Waals surface area contributed by atoms with Crippen LogP contribution in [0.3, 0.4) is 0 Å². The zero-order chi connectivity index (χ0) is 20.4. The van der Waals surface area contributed by atoms with Crippen molar-refractivity contribution < 1.29 is 24.0 Å². The number of halogens is 2. The molecule has 0 N–H and O–H groups in total. The van der Waals surface area contributed by atoms with Gasteiger partial charge in [0.05, 0.1) is 4.92 Å². The van der Waals surface area contributed by atoms with Crippen LogP contribution in [0.25, 0.3) is 0 Å². The van der Waals surface area contributed by atoms with Gasteiger partial charge in [0.15, 0.2) is 0 Å². The summed E-state index contributed by atoms with van der Waals surface area (Å²) in [5.74, 6) is -0.698. The third-order valence-corrected chi connectivity index (χ3v) is 2.92. The summed E-state index contributed by atoms with van der Waals surface area (Å²) in [6, 6.07) is 1.02. The molecule has 0 aliphatic heterocycles. The molecule has 0 saturated carbocycles. The molecule has 0 unspecified atom stereocenters. The number of rotatable bonds is 2. The molecule has 2 amide bonds. The number of aromatic nitrogens is 1. The third kappa shape index (κ3) is 5.99. The number of ether oxygens (including phenoxy) is 2. The smallest absolute Gasteiger partial charge is 0.426 e. The molecule has 0 saturated heterocycles. The summed E-state index contributed by atoms with van der Waals surface area (Å²) in [5.41, 5.74) is -2.77. The van der Waals surface area contributed by atoms with Crippen molar-refractivity contribution >= 4 is 46.9 Å². The van der Waals surface area contributed by atoms with Crippen LogP contribution in [0, 0.1) is 10.1 Å². The maximum atomic E-state index is 12.5. The van der Waals surface area contributed by atoms with Crippen LogP contribution < -0.4 is 4.90 Å². The van der Waals surface area contributed by atoms with E-state index in [1.54, 1.807) is 41.5 Å². The Morgan fingerprint density at radius 3 is 1.85 bits per heavy atom. The lowest BCUT2D eigenvalue weighted by Crippen LogP contribution is -2.44. The Balaban J connectivity index is 3.58. The average Bonchev–Trinajstić information content (AvgIpc) is 2.32. The van der Waals surface area contributed by atoms with Gasteiger partial charge in [-0.25, -0.2) is 14.6 Å². The molecule has 11 heteroatoms. The summed E-state index contributed by atoms with van der Waals surface area (Å²) in [4.78, 5) is 39.6. The summed E-state index contributed by atoms with van der Waals surface area (Å²) in [6.45, 7) is 9.36. The molecule has 0 radical (unpaired) electrons. The molecule has 0 fully saturated rings. The minimum atomic E-state index is -1.22. The first-order valence-corrected chi connectivity index (χ1v) is 8.14. The van der Waals surface area contributed by atoms with E-state index in [-0.39, 0.29) is 5.15 Å². The van der Waals surface area contributed by atoms with Gasteiger partial charge in [-0.3, -0.25) is 10.1 Å². The number of carbonyl (C=O) groups is 2. The molecule has 1 aromatic heterocycles. The molecule has 0 aromatic carbocycles. The number of nitro groups is 1. The van der Waals surface area contributed by atoms with E-state index in [1.165, 1.54) is 0 Å². The molecular formula is C15H19Cl2N3O6. The van der Waals surface area contributed by atoms with E-state index < -0.39 is 44.8 Å². The van der Waals surface area contributed by atoms with Crippen LogP contribution >= 0.6 is 23.2 Å². The first-order chi connectivity index (χ1) is 11.6. The van der Waals surface area contributed by atoms with Crippen LogP contribution in [-0.2, 0) is 9.47 Å². The number of pyridine rings is 1. The topological polar surface area (TPSA) is 112 Å². The molecule has 26 heavy (non-hydrogen) atoms. The van der Waals surface area contributed by atoms with Gasteiger partial charge in [0, 0.05) is 6.07 Å². The molecule has 1 heterocycles. The Bertz CT molecular complexity index is 712. The number of amides is 2. The van der Waals surface area contributed by atoms with Crippen LogP contribution in [0.4, 0.5) is 21.1 Å². The molecule has 0 spiro atoms. The highest BCUT2D eigenvalue weighted by Crippen LogP contribution is 2.36. The van der Waals surface area contributed by atoms with E-state index in [0.717, 1.165) is 6.07 Å². The Hall–Kier alpha value is -2.13. The van der Waals surface area contributed by atoms with Crippen LogP contribution in [0.15, 0.2) is 6.07 Å². The second-order valence-electron chi connectivity index (χ2n) is 7.15. The lowest BCUT2D eigenvalue weighted by atomic mass is 10.2. The molecule has 0 atom stereocenters. The minimum Gasteiger partial charge on any atom is -0.443 e. The highest BCUT2D eigenvalue weighted by Gasteiger charge is 2.39. The molecule has 0 aliphatic carbocycles. The van der Waals surface area contributed by atoms with E-state index >= 15 is 0 Å². The van der Waals surface area contributed by atoms with Gasteiger partial charge in [-0.1, -0.05) is 23.2 Å². The first-order valence-electron chi connectivity index (χ1n) is 7.39. The van der Waals surface area contributed by atoms with Crippen molar-refractivity contribution in [2.75, 3.05) is 4.90 Å². The van der Waals surface area contributed by atoms with Crippen molar-refractivity contribution in [3.8, 4) is 0 Å². The fourth-order valence-electron chi connectivity index (χ4n) is 1.65. The van der Waals surface area contributed by atoms with Crippen molar-refractivity contribution in [3.63, 3.8) is 0 Å². The van der Waals surface area contributed by atoms with E-state index in [1.807, 2.05) is 0 Å². The highest BCUT2D eigenvalue weighted by molar-refractivity contribution is 6.36. The van der Waals surface area contributed by atoms with Gasteiger partial charge in [0.1, 0.15) is 21.4 Å². The standard InChI is InChI=1S/C15H19Cl2N3O6/c1-14(2,3)25-12(21)19(13(22)26-15(4,5)6)11-10(20(23)24)8(16)7-9(17)18-11/h7H,1-6H3. The van der Waals surface area contributed by atoms with Crippen LogP contribution in [0.1, 0.15) is 41.5 Å². The van der Waals surface area contributed by atoms with Gasteiger partial charge in [0.25, 0.3) is 0 Å². The van der Waals surface area contributed by atoms with Crippen LogP contribution in [-0.4, -0.2) is 33.3 Å². The van der Waals surface area contributed by atoms with E-state index in [0.29, 0.717) is 4.90 Å². The number of hydrogen-bond acceptors (Lipinski definition) is 7. The second-order valence-corrected chi connectivity index (χ2v) is 7.95. The normalized spacial score (nSPS) is 11.7. The SMILES string of the molecule is CC(C)(C)OC(=O)N(C(=O)OC(C)(C)C)c1nc(Cl)cc(Cl)c1[N+](=O)[O-]. The summed E-state index contributed by atoms with van der Waals surface area (Å²) < 4.78 is 10.3. The van der Waals surface area contributed by atoms with Gasteiger partial charge >= 0.3 is 17.9 Å². The molecular weight excluding hydrogens is 389 g/mol.